The second kappa shape index (κ2) is 12.3. The van der Waals surface area contributed by atoms with Gasteiger partial charge in [-0.15, -0.1) is 0 Å². The van der Waals surface area contributed by atoms with E-state index in [1.165, 1.54) is 71.2 Å². The first-order chi connectivity index (χ1) is 11.8. The lowest BCUT2D eigenvalue weighted by Gasteiger charge is -2.37. The molecule has 0 amide bonds. The van der Waals surface area contributed by atoms with Crippen LogP contribution in [0.2, 0.25) is 0 Å². The molecular weight excluding hydrogens is 304 g/mol. The van der Waals surface area contributed by atoms with Crippen LogP contribution in [-0.2, 0) is 0 Å². The largest absolute Gasteiger partial charge is 0.301 e. The Morgan fingerprint density at radius 3 is 1.84 bits per heavy atom. The van der Waals surface area contributed by atoms with Gasteiger partial charge in [0.05, 0.1) is 0 Å². The van der Waals surface area contributed by atoms with E-state index in [1.807, 2.05) is 0 Å². The molecule has 0 aromatic rings. The van der Waals surface area contributed by atoms with Gasteiger partial charge in [-0.1, -0.05) is 66.7 Å². The molecule has 1 heterocycles. The maximum absolute atomic E-state index is 2.62. The molecule has 1 atom stereocenters. The number of hydrogen-bond donors (Lipinski definition) is 0. The molecule has 150 valence electrons. The quantitative estimate of drug-likeness (QED) is 0.585. The van der Waals surface area contributed by atoms with E-state index in [0.717, 1.165) is 29.7 Å². The first kappa shape index (κ1) is 23.0. The summed E-state index contributed by atoms with van der Waals surface area (Å²) in [5, 5.41) is 0. The van der Waals surface area contributed by atoms with Crippen LogP contribution in [0.5, 0.6) is 0 Å². The average molecular weight is 353 g/mol. The lowest BCUT2D eigenvalue weighted by atomic mass is 9.79. The van der Waals surface area contributed by atoms with Crippen LogP contribution in [0, 0.1) is 23.7 Å². The SMILES string of the molecule is CC(C)CC1CCC(C)CC1.CCC(C)CN1CCN(C(C)C)CC1. The van der Waals surface area contributed by atoms with Gasteiger partial charge in [0.2, 0.25) is 0 Å². The molecule has 1 unspecified atom stereocenters. The number of nitrogens with zero attached hydrogens (tertiary/aromatic N) is 2. The van der Waals surface area contributed by atoms with Crippen molar-refractivity contribution in [2.75, 3.05) is 32.7 Å². The third-order valence-electron chi connectivity index (χ3n) is 6.34. The number of hydrogen-bond acceptors (Lipinski definition) is 2. The minimum Gasteiger partial charge on any atom is -0.301 e. The lowest BCUT2D eigenvalue weighted by molar-refractivity contribution is 0.0982. The molecule has 2 aliphatic rings. The molecular formula is C23H48N2. The topological polar surface area (TPSA) is 6.48 Å². The Balaban J connectivity index is 0.000000257. The van der Waals surface area contributed by atoms with Gasteiger partial charge in [-0.3, -0.25) is 4.90 Å². The van der Waals surface area contributed by atoms with E-state index in [2.05, 4.69) is 58.3 Å². The summed E-state index contributed by atoms with van der Waals surface area (Å²) in [6.07, 6.45) is 8.74. The molecule has 0 N–H and O–H groups in total. The highest BCUT2D eigenvalue weighted by Gasteiger charge is 2.19. The van der Waals surface area contributed by atoms with Crippen LogP contribution in [-0.4, -0.2) is 48.6 Å². The van der Waals surface area contributed by atoms with Gasteiger partial charge in [-0.25, -0.2) is 0 Å². The minimum absolute atomic E-state index is 0.723. The van der Waals surface area contributed by atoms with E-state index < -0.39 is 0 Å². The molecule has 1 saturated heterocycles. The molecule has 1 saturated carbocycles. The van der Waals surface area contributed by atoms with E-state index in [4.69, 9.17) is 0 Å². The summed E-state index contributed by atoms with van der Waals surface area (Å²) in [5.74, 6) is 3.85. The molecule has 2 heteroatoms. The second-order valence-corrected chi connectivity index (χ2v) is 9.70. The summed E-state index contributed by atoms with van der Waals surface area (Å²) in [6.45, 7) is 22.7. The highest BCUT2D eigenvalue weighted by molar-refractivity contribution is 4.75. The first-order valence-electron chi connectivity index (χ1n) is 11.3. The Kier molecular flexibility index (Phi) is 11.3. The van der Waals surface area contributed by atoms with Gasteiger partial charge in [0, 0.05) is 38.8 Å². The van der Waals surface area contributed by atoms with E-state index in [1.54, 1.807) is 0 Å². The standard InChI is InChI=1S/C12H26N2.C11H22/c1-5-12(4)10-13-6-8-14(9-7-13)11(2)3;1-9(2)8-11-6-4-10(3)5-7-11/h11-12H,5-10H2,1-4H3;9-11H,4-8H2,1-3H3. The predicted octanol–water partition coefficient (Wildman–Crippen LogP) is 5.92. The van der Waals surface area contributed by atoms with Crippen molar-refractivity contribution >= 4 is 0 Å². The van der Waals surface area contributed by atoms with Crippen LogP contribution in [0.4, 0.5) is 0 Å². The normalized spacial score (nSPS) is 27.2. The Morgan fingerprint density at radius 1 is 0.840 bits per heavy atom. The van der Waals surface area contributed by atoms with E-state index in [9.17, 15) is 0 Å². The van der Waals surface area contributed by atoms with E-state index >= 15 is 0 Å². The molecule has 25 heavy (non-hydrogen) atoms. The fourth-order valence-corrected chi connectivity index (χ4v) is 4.26. The van der Waals surface area contributed by atoms with Gasteiger partial charge in [0.15, 0.2) is 0 Å². The van der Waals surface area contributed by atoms with Gasteiger partial charge in [0.25, 0.3) is 0 Å². The summed E-state index contributed by atoms with van der Waals surface area (Å²) in [5.41, 5.74) is 0. The lowest BCUT2D eigenvalue weighted by Crippen LogP contribution is -2.49. The van der Waals surface area contributed by atoms with E-state index in [-0.39, 0.29) is 0 Å². The highest BCUT2D eigenvalue weighted by Crippen LogP contribution is 2.32. The smallest absolute Gasteiger partial charge is 0.0113 e. The maximum atomic E-state index is 2.62. The maximum Gasteiger partial charge on any atom is 0.0113 e. The molecule has 0 bridgehead atoms. The Hall–Kier alpha value is -0.0800. The molecule has 1 aliphatic carbocycles. The van der Waals surface area contributed by atoms with Crippen molar-refractivity contribution in [2.45, 2.75) is 93.0 Å². The Labute approximate surface area is 159 Å². The third-order valence-corrected chi connectivity index (χ3v) is 6.34. The fraction of sp³-hybridized carbons (Fsp3) is 1.00. The van der Waals surface area contributed by atoms with Crippen LogP contribution in [0.15, 0.2) is 0 Å². The number of rotatable bonds is 6. The zero-order valence-electron chi connectivity index (χ0n) is 18.6. The van der Waals surface area contributed by atoms with Crippen molar-refractivity contribution in [3.05, 3.63) is 0 Å². The monoisotopic (exact) mass is 352 g/mol. The molecule has 2 fully saturated rings. The fourth-order valence-electron chi connectivity index (χ4n) is 4.26. The summed E-state index contributed by atoms with van der Waals surface area (Å²) in [7, 11) is 0. The molecule has 0 aromatic heterocycles. The zero-order chi connectivity index (χ0) is 18.8. The van der Waals surface area contributed by atoms with Crippen LogP contribution < -0.4 is 0 Å². The van der Waals surface area contributed by atoms with Crippen molar-refractivity contribution in [1.82, 2.24) is 9.80 Å². The first-order valence-corrected chi connectivity index (χ1v) is 11.3. The summed E-state index contributed by atoms with van der Waals surface area (Å²) < 4.78 is 0. The van der Waals surface area contributed by atoms with Crippen LogP contribution in [0.3, 0.4) is 0 Å². The van der Waals surface area contributed by atoms with Gasteiger partial charge in [0.1, 0.15) is 0 Å². The number of piperazine rings is 1. The minimum atomic E-state index is 0.723. The third kappa shape index (κ3) is 9.99. The summed E-state index contributed by atoms with van der Waals surface area (Å²) >= 11 is 0. The molecule has 0 spiro atoms. The Morgan fingerprint density at radius 2 is 1.40 bits per heavy atom. The van der Waals surface area contributed by atoms with Crippen molar-refractivity contribution < 1.29 is 0 Å². The van der Waals surface area contributed by atoms with Gasteiger partial charge in [-0.05, 0) is 43.9 Å². The average Bonchev–Trinajstić information content (AvgIpc) is 2.57. The van der Waals surface area contributed by atoms with Crippen molar-refractivity contribution in [2.24, 2.45) is 23.7 Å². The molecule has 2 rings (SSSR count). The Bertz CT molecular complexity index is 310. The summed E-state index contributed by atoms with van der Waals surface area (Å²) in [4.78, 5) is 5.19. The van der Waals surface area contributed by atoms with Crippen molar-refractivity contribution in [3.8, 4) is 0 Å². The van der Waals surface area contributed by atoms with E-state index in [0.29, 0.717) is 0 Å². The van der Waals surface area contributed by atoms with Crippen LogP contribution in [0.25, 0.3) is 0 Å². The predicted molar refractivity (Wildman–Crippen MR) is 113 cm³/mol. The van der Waals surface area contributed by atoms with Crippen LogP contribution in [0.1, 0.15) is 87.0 Å². The van der Waals surface area contributed by atoms with Gasteiger partial charge >= 0.3 is 0 Å². The highest BCUT2D eigenvalue weighted by atomic mass is 15.3. The molecule has 0 radical (unpaired) electrons. The molecule has 0 aromatic carbocycles. The van der Waals surface area contributed by atoms with Crippen molar-refractivity contribution in [1.29, 1.82) is 0 Å². The second-order valence-electron chi connectivity index (χ2n) is 9.70. The molecule has 2 nitrogen and oxygen atoms in total. The van der Waals surface area contributed by atoms with Crippen LogP contribution >= 0.6 is 0 Å². The zero-order valence-corrected chi connectivity index (χ0v) is 18.6. The van der Waals surface area contributed by atoms with Gasteiger partial charge < -0.3 is 4.90 Å². The summed E-state index contributed by atoms with van der Waals surface area (Å²) in [6, 6.07) is 0.723. The van der Waals surface area contributed by atoms with Gasteiger partial charge in [-0.2, -0.15) is 0 Å². The molecule has 1 aliphatic heterocycles. The van der Waals surface area contributed by atoms with Crippen molar-refractivity contribution in [3.63, 3.8) is 0 Å².